The summed E-state index contributed by atoms with van der Waals surface area (Å²) < 4.78 is 6.61. The minimum absolute atomic E-state index is 0.0191. The van der Waals surface area contributed by atoms with Gasteiger partial charge in [-0.25, -0.2) is 0 Å². The molecule has 7 heteroatoms. The Hall–Kier alpha value is -2.35. The van der Waals surface area contributed by atoms with Crippen LogP contribution >= 0.6 is 12.2 Å². The van der Waals surface area contributed by atoms with Gasteiger partial charge in [-0.1, -0.05) is 51.2 Å². The molecule has 0 bridgehead atoms. The van der Waals surface area contributed by atoms with Gasteiger partial charge in [0.15, 0.2) is 14.1 Å². The average molecular weight is 468 g/mol. The lowest BCUT2D eigenvalue weighted by molar-refractivity contribution is -0.117. The normalized spacial score (nSPS) is 17.3. The van der Waals surface area contributed by atoms with Gasteiger partial charge in [0.1, 0.15) is 4.99 Å². The van der Waals surface area contributed by atoms with Crippen molar-refractivity contribution in [1.82, 2.24) is 10.3 Å². The van der Waals surface area contributed by atoms with Crippen molar-refractivity contribution in [1.29, 1.82) is 0 Å². The molecule has 0 radical (unpaired) electrons. The van der Waals surface area contributed by atoms with Crippen molar-refractivity contribution in [2.24, 2.45) is 0 Å². The lowest BCUT2D eigenvalue weighted by atomic mass is 9.92. The number of thiocarbonyl (C=S) groups is 1. The minimum atomic E-state index is -2.01. The second kappa shape index (κ2) is 10.1. The summed E-state index contributed by atoms with van der Waals surface area (Å²) in [6, 6.07) is 13.6. The van der Waals surface area contributed by atoms with Gasteiger partial charge in [0.05, 0.1) is 11.7 Å². The molecule has 0 spiro atoms. The first-order chi connectivity index (χ1) is 15.1. The van der Waals surface area contributed by atoms with Gasteiger partial charge in [-0.15, -0.1) is 0 Å². The maximum Gasteiger partial charge on any atom is 0.192 e. The number of nitrogens with one attached hydrogen (secondary N) is 2. The van der Waals surface area contributed by atoms with Crippen LogP contribution in [-0.2, 0) is 15.8 Å². The molecule has 1 aliphatic rings. The summed E-state index contributed by atoms with van der Waals surface area (Å²) in [6.07, 6.45) is 4.37. The van der Waals surface area contributed by atoms with E-state index in [1.54, 1.807) is 12.4 Å². The molecule has 0 aliphatic heterocycles. The predicted octanol–water partition coefficient (Wildman–Crippen LogP) is 5.62. The van der Waals surface area contributed by atoms with Gasteiger partial charge in [0.25, 0.3) is 0 Å². The number of Topliss-reactive ketones (excluding diaryl/α,β-unsaturated/α-hetero) is 1. The summed E-state index contributed by atoms with van der Waals surface area (Å²) in [6.45, 7) is 11.7. The third-order valence-corrected chi connectivity index (χ3v) is 11.0. The molecule has 1 aliphatic carbocycles. The summed E-state index contributed by atoms with van der Waals surface area (Å²) in [5.41, 5.74) is 3.36. The summed E-state index contributed by atoms with van der Waals surface area (Å²) in [7, 11) is -2.01. The lowest BCUT2D eigenvalue weighted by Gasteiger charge is -2.40. The van der Waals surface area contributed by atoms with E-state index in [2.05, 4.69) is 49.5 Å². The Morgan fingerprint density at radius 1 is 1.12 bits per heavy atom. The highest BCUT2D eigenvalue weighted by molar-refractivity contribution is 7.81. The monoisotopic (exact) mass is 467 g/mol. The van der Waals surface area contributed by atoms with Gasteiger partial charge < -0.3 is 15.1 Å². The van der Waals surface area contributed by atoms with E-state index in [0.29, 0.717) is 29.9 Å². The minimum Gasteiger partial charge on any atom is -0.413 e. The van der Waals surface area contributed by atoms with Crippen LogP contribution in [0.3, 0.4) is 0 Å². The van der Waals surface area contributed by atoms with E-state index in [4.69, 9.17) is 16.6 Å². The van der Waals surface area contributed by atoms with E-state index in [1.165, 1.54) is 0 Å². The van der Waals surface area contributed by atoms with Crippen LogP contribution in [0.2, 0.25) is 18.1 Å². The lowest BCUT2D eigenvalue weighted by Crippen LogP contribution is -2.46. The molecular formula is C25H33N3O2SSi. The molecule has 0 amide bonds. The Labute approximate surface area is 197 Å². The number of aromatic nitrogens is 1. The number of anilines is 1. The summed E-state index contributed by atoms with van der Waals surface area (Å²) in [5.74, 6) is 0.0191. The van der Waals surface area contributed by atoms with Crippen LogP contribution in [0.4, 0.5) is 5.69 Å². The second-order valence-corrected chi connectivity index (χ2v) is 14.9. The molecule has 2 aromatic rings. The number of ketones is 1. The number of hydrogen-bond acceptors (Lipinski definition) is 5. The zero-order valence-electron chi connectivity index (χ0n) is 19.6. The molecule has 0 saturated carbocycles. The molecule has 1 atom stereocenters. The first-order valence-electron chi connectivity index (χ1n) is 11.0. The average Bonchev–Trinajstić information content (AvgIpc) is 2.72. The van der Waals surface area contributed by atoms with Crippen LogP contribution in [0.15, 0.2) is 66.1 Å². The van der Waals surface area contributed by atoms with Crippen molar-refractivity contribution in [3.8, 4) is 0 Å². The fourth-order valence-electron chi connectivity index (χ4n) is 3.40. The Morgan fingerprint density at radius 2 is 1.78 bits per heavy atom. The number of carbonyl (C=O) groups excluding carboxylic acids is 1. The Bertz CT molecular complexity index is 985. The molecule has 0 fully saturated rings. The van der Waals surface area contributed by atoms with Gasteiger partial charge in [0.2, 0.25) is 0 Å². The van der Waals surface area contributed by atoms with Gasteiger partial charge in [-0.05, 0) is 48.0 Å². The van der Waals surface area contributed by atoms with Crippen molar-refractivity contribution < 1.29 is 9.22 Å². The third-order valence-electron chi connectivity index (χ3n) is 6.21. The van der Waals surface area contributed by atoms with E-state index in [9.17, 15) is 4.79 Å². The van der Waals surface area contributed by atoms with E-state index in [1.807, 2.05) is 42.5 Å². The number of carbonyl (C=O) groups is 1. The topological polar surface area (TPSA) is 63.2 Å². The third kappa shape index (κ3) is 6.12. The Kier molecular flexibility index (Phi) is 7.64. The van der Waals surface area contributed by atoms with Crippen LogP contribution in [0.5, 0.6) is 0 Å². The van der Waals surface area contributed by atoms with Crippen LogP contribution < -0.4 is 10.6 Å². The van der Waals surface area contributed by atoms with Crippen molar-refractivity contribution in [2.45, 2.75) is 64.4 Å². The molecule has 2 N–H and O–H groups in total. The van der Waals surface area contributed by atoms with E-state index >= 15 is 0 Å². The fraction of sp³-hybridized carbons (Fsp3) is 0.400. The summed E-state index contributed by atoms with van der Waals surface area (Å²) >= 11 is 5.68. The quantitative estimate of drug-likeness (QED) is 0.407. The molecule has 170 valence electrons. The first-order valence-corrected chi connectivity index (χ1v) is 14.3. The maximum absolute atomic E-state index is 13.3. The van der Waals surface area contributed by atoms with Crippen molar-refractivity contribution in [2.75, 3.05) is 5.32 Å². The number of hydrogen-bond donors (Lipinski definition) is 2. The van der Waals surface area contributed by atoms with Crippen LogP contribution in [0.1, 0.15) is 39.2 Å². The van der Waals surface area contributed by atoms with Crippen molar-refractivity contribution in [3.63, 3.8) is 0 Å². The predicted molar refractivity (Wildman–Crippen MR) is 137 cm³/mol. The highest BCUT2D eigenvalue weighted by Gasteiger charge is 2.41. The number of benzene rings is 1. The molecule has 0 saturated heterocycles. The highest BCUT2D eigenvalue weighted by Crippen LogP contribution is 2.39. The Morgan fingerprint density at radius 3 is 2.41 bits per heavy atom. The zero-order chi connectivity index (χ0) is 23.4. The van der Waals surface area contributed by atoms with Gasteiger partial charge in [-0.2, -0.15) is 0 Å². The van der Waals surface area contributed by atoms with E-state index < -0.39 is 8.32 Å². The summed E-state index contributed by atoms with van der Waals surface area (Å²) in [5, 5.41) is 6.78. The van der Waals surface area contributed by atoms with Gasteiger partial charge in [0, 0.05) is 43.2 Å². The SMILES string of the molecule is CC(C)(C)[Si](C)(C)OC1CC(=O)C(C(=S)Nc2ccccc2)=C(NCc2ccncc2)C1. The van der Waals surface area contributed by atoms with Gasteiger partial charge in [-0.3, -0.25) is 9.78 Å². The molecule has 1 heterocycles. The maximum atomic E-state index is 13.3. The second-order valence-electron chi connectivity index (χ2n) is 9.71. The standard InChI is InChI=1S/C25H33N3O2SSi/c1-25(2,3)32(4,5)30-20-15-21(27-17-18-11-13-26-14-12-18)23(22(29)16-20)24(31)28-19-9-7-6-8-10-19/h6-14,20,27H,15-17H2,1-5H3,(H,28,31). The largest absolute Gasteiger partial charge is 0.413 e. The van der Waals surface area contributed by atoms with Crippen LogP contribution in [0.25, 0.3) is 0 Å². The van der Waals surface area contributed by atoms with E-state index in [0.717, 1.165) is 16.9 Å². The number of rotatable bonds is 7. The molecule has 3 rings (SSSR count). The van der Waals surface area contributed by atoms with Crippen LogP contribution in [0, 0.1) is 0 Å². The number of pyridine rings is 1. The van der Waals surface area contributed by atoms with Crippen molar-refractivity contribution >= 4 is 37.0 Å². The first kappa shape index (κ1) is 24.3. The number of para-hydroxylation sites is 1. The van der Waals surface area contributed by atoms with Crippen LogP contribution in [-0.4, -0.2) is 30.2 Å². The Balaban J connectivity index is 1.86. The fourth-order valence-corrected chi connectivity index (χ4v) is 5.11. The highest BCUT2D eigenvalue weighted by atomic mass is 32.1. The van der Waals surface area contributed by atoms with Crippen molar-refractivity contribution in [3.05, 3.63) is 71.7 Å². The van der Waals surface area contributed by atoms with Gasteiger partial charge >= 0.3 is 0 Å². The zero-order valence-corrected chi connectivity index (χ0v) is 21.4. The molecule has 1 unspecified atom stereocenters. The molecule has 32 heavy (non-hydrogen) atoms. The molecule has 1 aromatic carbocycles. The molecule has 1 aromatic heterocycles. The summed E-state index contributed by atoms with van der Waals surface area (Å²) in [4.78, 5) is 17.8. The van der Waals surface area contributed by atoms with E-state index in [-0.39, 0.29) is 16.9 Å². The molecule has 5 nitrogen and oxygen atoms in total. The smallest absolute Gasteiger partial charge is 0.192 e. The number of nitrogens with zero attached hydrogens (tertiary/aromatic N) is 1. The molecular weight excluding hydrogens is 434 g/mol.